The van der Waals surface area contributed by atoms with E-state index in [9.17, 15) is 9.59 Å². The molecule has 0 aliphatic carbocycles. The number of amides is 2. The average Bonchev–Trinajstić information content (AvgIpc) is 2.66. The van der Waals surface area contributed by atoms with Crippen LogP contribution in [0.4, 0.5) is 11.4 Å². The van der Waals surface area contributed by atoms with Crippen LogP contribution in [0, 0.1) is 6.92 Å². The minimum atomic E-state index is -0.0617. The molecule has 3 rings (SSSR count). The lowest BCUT2D eigenvalue weighted by molar-refractivity contribution is -0.118. The zero-order valence-corrected chi connectivity index (χ0v) is 15.5. The van der Waals surface area contributed by atoms with Crippen LogP contribution >= 0.6 is 0 Å². The zero-order chi connectivity index (χ0) is 19.1. The summed E-state index contributed by atoms with van der Waals surface area (Å²) in [5.41, 5.74) is 3.54. The molecule has 2 N–H and O–H groups in total. The molecule has 1 aliphatic rings. The van der Waals surface area contributed by atoms with Gasteiger partial charge in [0.05, 0.1) is 26.2 Å². The highest BCUT2D eigenvalue weighted by atomic mass is 16.5. The Hall–Kier alpha value is -2.70. The molecule has 0 saturated carbocycles. The van der Waals surface area contributed by atoms with Crippen molar-refractivity contribution in [3.63, 3.8) is 0 Å². The topological polar surface area (TPSA) is 70.7 Å². The number of carbonyl (C=O) groups excluding carboxylic acids is 2. The summed E-state index contributed by atoms with van der Waals surface area (Å²) in [5.74, 6) is -0.110. The molecule has 0 radical (unpaired) electrons. The molecular formula is C21H25N3O3. The van der Waals surface area contributed by atoms with E-state index in [2.05, 4.69) is 15.5 Å². The van der Waals surface area contributed by atoms with E-state index in [-0.39, 0.29) is 11.8 Å². The number of nitrogens with zero attached hydrogens (tertiary/aromatic N) is 1. The van der Waals surface area contributed by atoms with Crippen LogP contribution in [0.15, 0.2) is 48.5 Å². The number of rotatable bonds is 6. The van der Waals surface area contributed by atoms with Gasteiger partial charge in [0.15, 0.2) is 0 Å². The maximum Gasteiger partial charge on any atom is 0.238 e. The van der Waals surface area contributed by atoms with Crippen molar-refractivity contribution in [3.8, 4) is 0 Å². The predicted molar refractivity (Wildman–Crippen MR) is 106 cm³/mol. The molecule has 2 amide bonds. The molecule has 142 valence electrons. The Morgan fingerprint density at radius 3 is 2.15 bits per heavy atom. The maximum atomic E-state index is 12.2. The molecule has 0 spiro atoms. The molecule has 2 aromatic rings. The molecule has 1 heterocycles. The summed E-state index contributed by atoms with van der Waals surface area (Å²) < 4.78 is 5.28. The normalized spacial score (nSPS) is 14.6. The van der Waals surface area contributed by atoms with E-state index in [0.29, 0.717) is 37.6 Å². The second-order valence-electron chi connectivity index (χ2n) is 6.67. The lowest BCUT2D eigenvalue weighted by Crippen LogP contribution is -2.41. The van der Waals surface area contributed by atoms with Crippen LogP contribution in [-0.2, 0) is 20.7 Å². The molecule has 0 bridgehead atoms. The first-order valence-corrected chi connectivity index (χ1v) is 9.14. The van der Waals surface area contributed by atoms with Gasteiger partial charge in [0.2, 0.25) is 11.8 Å². The number of morpholine rings is 1. The minimum absolute atomic E-state index is 0.0479. The van der Waals surface area contributed by atoms with Crippen LogP contribution in [0.3, 0.4) is 0 Å². The second kappa shape index (κ2) is 9.30. The molecule has 1 fully saturated rings. The third-order valence-corrected chi connectivity index (χ3v) is 4.54. The largest absolute Gasteiger partial charge is 0.379 e. The minimum Gasteiger partial charge on any atom is -0.379 e. The number of carbonyl (C=O) groups is 2. The molecule has 6 nitrogen and oxygen atoms in total. The summed E-state index contributed by atoms with van der Waals surface area (Å²) in [6, 6.07) is 15.0. The van der Waals surface area contributed by atoms with Crippen LogP contribution in [0.25, 0.3) is 0 Å². The summed E-state index contributed by atoms with van der Waals surface area (Å²) in [6.07, 6.45) is 0.338. The van der Waals surface area contributed by atoms with Crippen LogP contribution in [0.5, 0.6) is 0 Å². The highest BCUT2D eigenvalue weighted by Crippen LogP contribution is 2.15. The number of benzene rings is 2. The van der Waals surface area contributed by atoms with Gasteiger partial charge in [-0.2, -0.15) is 0 Å². The number of aryl methyl sites for hydroxylation is 1. The van der Waals surface area contributed by atoms with Crippen LogP contribution in [0.2, 0.25) is 0 Å². The fraction of sp³-hybridized carbons (Fsp3) is 0.333. The van der Waals surface area contributed by atoms with Gasteiger partial charge in [0, 0.05) is 24.5 Å². The summed E-state index contributed by atoms with van der Waals surface area (Å²) in [7, 11) is 0. The fourth-order valence-corrected chi connectivity index (χ4v) is 2.99. The number of hydrogen-bond acceptors (Lipinski definition) is 4. The van der Waals surface area contributed by atoms with Gasteiger partial charge in [-0.05, 0) is 42.3 Å². The van der Waals surface area contributed by atoms with Crippen molar-refractivity contribution >= 4 is 23.2 Å². The lowest BCUT2D eigenvalue weighted by Gasteiger charge is -2.25. The first-order chi connectivity index (χ1) is 13.1. The standard InChI is InChI=1S/C21H25N3O3/c1-16-4-2-3-5-17(16)14-20(25)22-18-6-8-19(9-7-18)23-21(26)15-24-10-12-27-13-11-24/h2-9H,10-15H2,1H3,(H,22,25)(H,23,26). The smallest absolute Gasteiger partial charge is 0.238 e. The van der Waals surface area contributed by atoms with E-state index in [1.165, 1.54) is 0 Å². The Bertz CT molecular complexity index is 784. The van der Waals surface area contributed by atoms with Crippen molar-refractivity contribution in [2.45, 2.75) is 13.3 Å². The Morgan fingerprint density at radius 2 is 1.52 bits per heavy atom. The highest BCUT2D eigenvalue weighted by Gasteiger charge is 2.14. The SMILES string of the molecule is Cc1ccccc1CC(=O)Nc1ccc(NC(=O)CN2CCOCC2)cc1. The first-order valence-electron chi connectivity index (χ1n) is 9.14. The Labute approximate surface area is 159 Å². The number of nitrogens with one attached hydrogen (secondary N) is 2. The third kappa shape index (κ3) is 5.91. The van der Waals surface area contributed by atoms with E-state index >= 15 is 0 Å². The van der Waals surface area contributed by atoms with E-state index in [1.807, 2.05) is 31.2 Å². The highest BCUT2D eigenvalue weighted by molar-refractivity contribution is 5.94. The fourth-order valence-electron chi connectivity index (χ4n) is 2.99. The van der Waals surface area contributed by atoms with E-state index < -0.39 is 0 Å². The molecular weight excluding hydrogens is 342 g/mol. The summed E-state index contributed by atoms with van der Waals surface area (Å²) >= 11 is 0. The van der Waals surface area contributed by atoms with E-state index in [0.717, 1.165) is 24.2 Å². The molecule has 6 heteroatoms. The van der Waals surface area contributed by atoms with Gasteiger partial charge in [-0.3, -0.25) is 14.5 Å². The molecule has 0 unspecified atom stereocenters. The maximum absolute atomic E-state index is 12.2. The van der Waals surface area contributed by atoms with Gasteiger partial charge in [-0.15, -0.1) is 0 Å². The van der Waals surface area contributed by atoms with Crippen molar-refractivity contribution < 1.29 is 14.3 Å². The van der Waals surface area contributed by atoms with Crippen LogP contribution in [-0.4, -0.2) is 49.6 Å². The van der Waals surface area contributed by atoms with Crippen LogP contribution < -0.4 is 10.6 Å². The predicted octanol–water partition coefficient (Wildman–Crippen LogP) is 2.45. The number of hydrogen-bond donors (Lipinski definition) is 2. The number of anilines is 2. The Morgan fingerprint density at radius 1 is 0.926 bits per heavy atom. The zero-order valence-electron chi connectivity index (χ0n) is 15.5. The quantitative estimate of drug-likeness (QED) is 0.823. The summed E-state index contributed by atoms with van der Waals surface area (Å²) in [4.78, 5) is 26.4. The third-order valence-electron chi connectivity index (χ3n) is 4.54. The van der Waals surface area contributed by atoms with Crippen molar-refractivity contribution in [2.24, 2.45) is 0 Å². The number of ether oxygens (including phenoxy) is 1. The summed E-state index contributed by atoms with van der Waals surface area (Å²) in [5, 5.41) is 5.77. The first kappa shape index (κ1) is 19.1. The van der Waals surface area contributed by atoms with Crippen molar-refractivity contribution in [2.75, 3.05) is 43.5 Å². The van der Waals surface area contributed by atoms with E-state index in [1.54, 1.807) is 24.3 Å². The monoisotopic (exact) mass is 367 g/mol. The van der Waals surface area contributed by atoms with Crippen molar-refractivity contribution in [1.82, 2.24) is 4.90 Å². The second-order valence-corrected chi connectivity index (χ2v) is 6.67. The molecule has 2 aromatic carbocycles. The molecule has 1 aliphatic heterocycles. The molecule has 27 heavy (non-hydrogen) atoms. The van der Waals surface area contributed by atoms with E-state index in [4.69, 9.17) is 4.74 Å². The van der Waals surface area contributed by atoms with Gasteiger partial charge in [0.25, 0.3) is 0 Å². The van der Waals surface area contributed by atoms with Crippen molar-refractivity contribution in [1.29, 1.82) is 0 Å². The molecule has 0 aromatic heterocycles. The van der Waals surface area contributed by atoms with Gasteiger partial charge >= 0.3 is 0 Å². The summed E-state index contributed by atoms with van der Waals surface area (Å²) in [6.45, 7) is 5.25. The van der Waals surface area contributed by atoms with Gasteiger partial charge in [-0.1, -0.05) is 24.3 Å². The van der Waals surface area contributed by atoms with Gasteiger partial charge in [0.1, 0.15) is 0 Å². The molecule has 1 saturated heterocycles. The molecule has 0 atom stereocenters. The van der Waals surface area contributed by atoms with Crippen molar-refractivity contribution in [3.05, 3.63) is 59.7 Å². The van der Waals surface area contributed by atoms with Gasteiger partial charge in [-0.25, -0.2) is 0 Å². The Balaban J connectivity index is 1.48. The van der Waals surface area contributed by atoms with Gasteiger partial charge < -0.3 is 15.4 Å². The average molecular weight is 367 g/mol. The van der Waals surface area contributed by atoms with Crippen LogP contribution in [0.1, 0.15) is 11.1 Å². The lowest BCUT2D eigenvalue weighted by atomic mass is 10.1. The Kier molecular flexibility index (Phi) is 6.57.